The summed E-state index contributed by atoms with van der Waals surface area (Å²) in [4.78, 5) is 16.9. The molecule has 0 unspecified atom stereocenters. The smallest absolute Gasteiger partial charge is 0.189 e. The van der Waals surface area contributed by atoms with E-state index in [1.807, 2.05) is 18.2 Å². The minimum Gasteiger partial charge on any atom is -0.391 e. The van der Waals surface area contributed by atoms with Crippen LogP contribution < -0.4 is 10.3 Å². The number of aromatic amines is 1. The van der Waals surface area contributed by atoms with Gasteiger partial charge in [0.15, 0.2) is 5.43 Å². The molecule has 0 aliphatic carbocycles. The van der Waals surface area contributed by atoms with Crippen molar-refractivity contribution in [1.82, 2.24) is 4.98 Å². The number of β-amino-alcohol motifs (C(OH)–C–C–N with tert-alkyl or cyclic N) is 1. The Kier molecular flexibility index (Phi) is 2.80. The third-order valence-electron chi connectivity index (χ3n) is 3.50. The van der Waals surface area contributed by atoms with Crippen molar-refractivity contribution in [3.05, 3.63) is 40.7 Å². The fourth-order valence-corrected chi connectivity index (χ4v) is 2.55. The van der Waals surface area contributed by atoms with Gasteiger partial charge >= 0.3 is 0 Å². The summed E-state index contributed by atoms with van der Waals surface area (Å²) in [5, 5.41) is 10.4. The molecule has 0 spiro atoms. The first-order valence-electron chi connectivity index (χ1n) is 6.28. The van der Waals surface area contributed by atoms with Gasteiger partial charge in [-0.25, -0.2) is 0 Å². The molecule has 18 heavy (non-hydrogen) atoms. The van der Waals surface area contributed by atoms with E-state index in [1.54, 1.807) is 6.20 Å². The Morgan fingerprint density at radius 3 is 3.06 bits per heavy atom. The number of pyridine rings is 1. The van der Waals surface area contributed by atoms with E-state index >= 15 is 0 Å². The van der Waals surface area contributed by atoms with Crippen LogP contribution in [0.1, 0.15) is 12.8 Å². The lowest BCUT2D eigenvalue weighted by atomic mass is 10.1. The van der Waals surface area contributed by atoms with Crippen molar-refractivity contribution in [2.45, 2.75) is 18.9 Å². The summed E-state index contributed by atoms with van der Waals surface area (Å²) in [6, 6.07) is 7.32. The van der Waals surface area contributed by atoms with Gasteiger partial charge in [0.2, 0.25) is 0 Å². The average Bonchev–Trinajstić information content (AvgIpc) is 2.39. The Morgan fingerprint density at radius 1 is 1.33 bits per heavy atom. The Balaban J connectivity index is 2.00. The Morgan fingerprint density at radius 2 is 2.22 bits per heavy atom. The van der Waals surface area contributed by atoms with E-state index in [1.165, 1.54) is 6.07 Å². The highest BCUT2D eigenvalue weighted by atomic mass is 16.3. The Labute approximate surface area is 105 Å². The predicted octanol–water partition coefficient (Wildman–Crippen LogP) is 1.49. The molecule has 4 nitrogen and oxygen atoms in total. The standard InChI is InChI=1S/C14H16N2O2/c17-11-2-1-7-16(9-11)10-3-4-12-13(8-10)15-6-5-14(12)18/h3-6,8,11,17H,1-2,7,9H2,(H,15,18)/t11-/m0/s1. The molecule has 94 valence electrons. The maximum Gasteiger partial charge on any atom is 0.189 e. The number of nitrogens with one attached hydrogen (secondary N) is 1. The van der Waals surface area contributed by atoms with Gasteiger partial charge in [0.1, 0.15) is 0 Å². The maximum atomic E-state index is 11.6. The van der Waals surface area contributed by atoms with Crippen molar-refractivity contribution < 1.29 is 5.11 Å². The second-order valence-corrected chi connectivity index (χ2v) is 4.81. The molecule has 0 bridgehead atoms. The van der Waals surface area contributed by atoms with Gasteiger partial charge < -0.3 is 15.0 Å². The minimum absolute atomic E-state index is 0.0361. The summed E-state index contributed by atoms with van der Waals surface area (Å²) in [5.74, 6) is 0. The zero-order chi connectivity index (χ0) is 12.5. The molecule has 1 saturated heterocycles. The molecular weight excluding hydrogens is 228 g/mol. The van der Waals surface area contributed by atoms with Crippen LogP contribution in [0, 0.1) is 0 Å². The van der Waals surface area contributed by atoms with E-state index in [2.05, 4.69) is 9.88 Å². The topological polar surface area (TPSA) is 56.3 Å². The number of aliphatic hydroxyl groups excluding tert-OH is 1. The average molecular weight is 244 g/mol. The van der Waals surface area contributed by atoms with E-state index in [4.69, 9.17) is 0 Å². The lowest BCUT2D eigenvalue weighted by molar-refractivity contribution is 0.154. The highest BCUT2D eigenvalue weighted by molar-refractivity contribution is 5.82. The molecule has 1 atom stereocenters. The summed E-state index contributed by atoms with van der Waals surface area (Å²) in [6.45, 7) is 1.63. The molecular formula is C14H16N2O2. The fraction of sp³-hybridized carbons (Fsp3) is 0.357. The molecule has 1 aromatic heterocycles. The van der Waals surface area contributed by atoms with E-state index in [9.17, 15) is 9.90 Å². The highest BCUT2D eigenvalue weighted by Crippen LogP contribution is 2.22. The molecule has 1 aromatic carbocycles. The number of hydrogen-bond acceptors (Lipinski definition) is 3. The Bertz CT molecular complexity index is 620. The van der Waals surface area contributed by atoms with Crippen LogP contribution in [0.25, 0.3) is 10.9 Å². The van der Waals surface area contributed by atoms with Gasteiger partial charge in [-0.3, -0.25) is 4.79 Å². The number of anilines is 1. The van der Waals surface area contributed by atoms with Crippen LogP contribution in [0.3, 0.4) is 0 Å². The van der Waals surface area contributed by atoms with Crippen LogP contribution in [-0.2, 0) is 0 Å². The first-order chi connectivity index (χ1) is 8.74. The van der Waals surface area contributed by atoms with Crippen molar-refractivity contribution in [1.29, 1.82) is 0 Å². The number of rotatable bonds is 1. The molecule has 2 N–H and O–H groups in total. The number of fused-ring (bicyclic) bond motifs is 1. The van der Waals surface area contributed by atoms with Gasteiger partial charge in [0.25, 0.3) is 0 Å². The van der Waals surface area contributed by atoms with Crippen molar-refractivity contribution in [3.63, 3.8) is 0 Å². The number of benzene rings is 1. The van der Waals surface area contributed by atoms with Crippen molar-refractivity contribution >= 4 is 16.6 Å². The largest absolute Gasteiger partial charge is 0.391 e. The number of H-pyrrole nitrogens is 1. The minimum atomic E-state index is -0.246. The monoisotopic (exact) mass is 244 g/mol. The predicted molar refractivity (Wildman–Crippen MR) is 72.0 cm³/mol. The van der Waals surface area contributed by atoms with Gasteiger partial charge in [-0.2, -0.15) is 0 Å². The van der Waals surface area contributed by atoms with Crippen LogP contribution in [0.4, 0.5) is 5.69 Å². The van der Waals surface area contributed by atoms with Gasteiger partial charge in [0.05, 0.1) is 11.6 Å². The van der Waals surface area contributed by atoms with Gasteiger partial charge in [0, 0.05) is 36.4 Å². The molecule has 0 radical (unpaired) electrons. The molecule has 1 fully saturated rings. The first kappa shape index (κ1) is 11.3. The van der Waals surface area contributed by atoms with Crippen LogP contribution in [0.5, 0.6) is 0 Å². The van der Waals surface area contributed by atoms with E-state index in [-0.39, 0.29) is 11.5 Å². The lowest BCUT2D eigenvalue weighted by Gasteiger charge is -2.32. The fourth-order valence-electron chi connectivity index (χ4n) is 2.55. The third-order valence-corrected chi connectivity index (χ3v) is 3.50. The van der Waals surface area contributed by atoms with Gasteiger partial charge in [-0.1, -0.05) is 0 Å². The number of hydrogen-bond donors (Lipinski definition) is 2. The van der Waals surface area contributed by atoms with Crippen molar-refractivity contribution in [2.75, 3.05) is 18.0 Å². The summed E-state index contributed by atoms with van der Waals surface area (Å²) < 4.78 is 0. The summed E-state index contributed by atoms with van der Waals surface area (Å²) in [5.41, 5.74) is 1.94. The number of nitrogens with zero attached hydrogens (tertiary/aromatic N) is 1. The van der Waals surface area contributed by atoms with Crippen LogP contribution in [0.2, 0.25) is 0 Å². The Hall–Kier alpha value is -1.81. The second kappa shape index (κ2) is 4.46. The third kappa shape index (κ3) is 1.99. The summed E-state index contributed by atoms with van der Waals surface area (Å²) in [6.07, 6.45) is 3.30. The SMILES string of the molecule is O=c1cc[nH]c2cc(N3CCC[C@H](O)C3)ccc12. The van der Waals surface area contributed by atoms with Crippen LogP contribution >= 0.6 is 0 Å². The molecule has 4 heteroatoms. The number of aromatic nitrogens is 1. The molecule has 0 saturated carbocycles. The molecule has 1 aliphatic heterocycles. The second-order valence-electron chi connectivity index (χ2n) is 4.81. The van der Waals surface area contributed by atoms with E-state index in [0.717, 1.165) is 30.6 Å². The number of piperidine rings is 1. The maximum absolute atomic E-state index is 11.6. The first-order valence-corrected chi connectivity index (χ1v) is 6.28. The summed E-state index contributed by atoms with van der Waals surface area (Å²) in [7, 11) is 0. The van der Waals surface area contributed by atoms with Crippen LogP contribution in [-0.4, -0.2) is 29.3 Å². The lowest BCUT2D eigenvalue weighted by Crippen LogP contribution is -2.38. The number of aliphatic hydroxyl groups is 1. The van der Waals surface area contributed by atoms with E-state index < -0.39 is 0 Å². The summed E-state index contributed by atoms with van der Waals surface area (Å²) >= 11 is 0. The quantitative estimate of drug-likeness (QED) is 0.799. The van der Waals surface area contributed by atoms with Crippen LogP contribution in [0.15, 0.2) is 35.3 Å². The zero-order valence-corrected chi connectivity index (χ0v) is 10.1. The normalized spacial score (nSPS) is 20.3. The van der Waals surface area contributed by atoms with Crippen molar-refractivity contribution in [3.8, 4) is 0 Å². The van der Waals surface area contributed by atoms with Gasteiger partial charge in [-0.15, -0.1) is 0 Å². The van der Waals surface area contributed by atoms with Gasteiger partial charge in [-0.05, 0) is 31.0 Å². The highest BCUT2D eigenvalue weighted by Gasteiger charge is 2.18. The molecule has 2 aromatic rings. The molecule has 0 amide bonds. The molecule has 1 aliphatic rings. The van der Waals surface area contributed by atoms with E-state index in [0.29, 0.717) is 11.9 Å². The zero-order valence-electron chi connectivity index (χ0n) is 10.1. The molecule has 2 heterocycles. The molecule has 3 rings (SSSR count). The van der Waals surface area contributed by atoms with Crippen molar-refractivity contribution in [2.24, 2.45) is 0 Å².